The fraction of sp³-hybridized carbons (Fsp3) is 0.471. The van der Waals surface area contributed by atoms with Gasteiger partial charge in [0.05, 0.1) is 12.7 Å². The van der Waals surface area contributed by atoms with Crippen LogP contribution in [0.4, 0.5) is 0 Å². The zero-order valence-electron chi connectivity index (χ0n) is 12.7. The van der Waals surface area contributed by atoms with Crippen LogP contribution in [-0.2, 0) is 17.6 Å². The van der Waals surface area contributed by atoms with Crippen LogP contribution in [0.3, 0.4) is 0 Å². The molecule has 110 valence electrons. The van der Waals surface area contributed by atoms with Gasteiger partial charge < -0.3 is 4.74 Å². The van der Waals surface area contributed by atoms with Crippen LogP contribution in [0.25, 0.3) is 0 Å². The summed E-state index contributed by atoms with van der Waals surface area (Å²) in [6.07, 6.45) is 4.03. The number of rotatable bonds is 2. The Bertz CT molecular complexity index is 671. The second-order valence-corrected chi connectivity index (χ2v) is 5.96. The molecule has 2 aliphatic carbocycles. The van der Waals surface area contributed by atoms with Gasteiger partial charge in [-0.2, -0.15) is 0 Å². The highest BCUT2D eigenvalue weighted by Crippen LogP contribution is 2.32. The SMILES string of the molecule is COC1=C(C(C)C)C(=O)c2cc3c(nc2C1=O)CCCC3. The number of hydrogen-bond acceptors (Lipinski definition) is 4. The van der Waals surface area contributed by atoms with Gasteiger partial charge in [-0.15, -0.1) is 0 Å². The molecule has 4 heteroatoms. The van der Waals surface area contributed by atoms with E-state index in [4.69, 9.17) is 4.74 Å². The van der Waals surface area contributed by atoms with Gasteiger partial charge in [-0.05, 0) is 43.2 Å². The molecule has 2 aliphatic rings. The average molecular weight is 285 g/mol. The number of carbonyl (C=O) groups excluding carboxylic acids is 2. The Morgan fingerprint density at radius 3 is 2.52 bits per heavy atom. The number of allylic oxidation sites excluding steroid dienone is 2. The Morgan fingerprint density at radius 2 is 1.86 bits per heavy atom. The van der Waals surface area contributed by atoms with Gasteiger partial charge in [-0.25, -0.2) is 4.98 Å². The molecule has 0 saturated carbocycles. The maximum atomic E-state index is 12.7. The minimum atomic E-state index is -0.260. The summed E-state index contributed by atoms with van der Waals surface area (Å²) >= 11 is 0. The van der Waals surface area contributed by atoms with Crippen LogP contribution >= 0.6 is 0 Å². The summed E-state index contributed by atoms with van der Waals surface area (Å²) in [5.74, 6) is -0.271. The van der Waals surface area contributed by atoms with E-state index >= 15 is 0 Å². The molecule has 1 aromatic rings. The van der Waals surface area contributed by atoms with Crippen LogP contribution in [0.15, 0.2) is 17.4 Å². The highest BCUT2D eigenvalue weighted by molar-refractivity contribution is 6.25. The monoisotopic (exact) mass is 285 g/mol. The molecule has 0 unspecified atom stereocenters. The van der Waals surface area contributed by atoms with Crippen LogP contribution in [0, 0.1) is 5.92 Å². The largest absolute Gasteiger partial charge is 0.492 e. The fourth-order valence-corrected chi connectivity index (χ4v) is 3.18. The molecule has 3 rings (SSSR count). The summed E-state index contributed by atoms with van der Waals surface area (Å²) in [4.78, 5) is 29.8. The summed E-state index contributed by atoms with van der Waals surface area (Å²) in [6, 6.07) is 1.88. The van der Waals surface area contributed by atoms with E-state index in [0.29, 0.717) is 11.1 Å². The number of ether oxygens (including phenoxy) is 1. The first-order chi connectivity index (χ1) is 10.0. The van der Waals surface area contributed by atoms with Crippen molar-refractivity contribution in [3.63, 3.8) is 0 Å². The van der Waals surface area contributed by atoms with Crippen molar-refractivity contribution < 1.29 is 14.3 Å². The van der Waals surface area contributed by atoms with Crippen molar-refractivity contribution in [1.29, 1.82) is 0 Å². The molecule has 0 bridgehead atoms. The van der Waals surface area contributed by atoms with E-state index in [-0.39, 0.29) is 28.9 Å². The smallest absolute Gasteiger partial charge is 0.247 e. The van der Waals surface area contributed by atoms with Crippen molar-refractivity contribution >= 4 is 11.6 Å². The maximum absolute atomic E-state index is 12.7. The Hall–Kier alpha value is -1.97. The van der Waals surface area contributed by atoms with Crippen molar-refractivity contribution in [1.82, 2.24) is 4.98 Å². The lowest BCUT2D eigenvalue weighted by Gasteiger charge is -2.24. The highest BCUT2D eigenvalue weighted by atomic mass is 16.5. The van der Waals surface area contributed by atoms with Gasteiger partial charge in [0.2, 0.25) is 5.78 Å². The minimum Gasteiger partial charge on any atom is -0.492 e. The van der Waals surface area contributed by atoms with E-state index in [9.17, 15) is 9.59 Å². The molecule has 0 fully saturated rings. The molecule has 0 amide bonds. The topological polar surface area (TPSA) is 56.3 Å². The Labute approximate surface area is 124 Å². The lowest BCUT2D eigenvalue weighted by atomic mass is 9.83. The second-order valence-electron chi connectivity index (χ2n) is 5.96. The first-order valence-corrected chi connectivity index (χ1v) is 7.45. The first-order valence-electron chi connectivity index (χ1n) is 7.45. The number of aromatic nitrogens is 1. The molecule has 0 saturated heterocycles. The molecule has 0 radical (unpaired) electrons. The molecule has 21 heavy (non-hydrogen) atoms. The van der Waals surface area contributed by atoms with Gasteiger partial charge >= 0.3 is 0 Å². The van der Waals surface area contributed by atoms with Crippen LogP contribution in [0.1, 0.15) is 58.8 Å². The van der Waals surface area contributed by atoms with Crippen LogP contribution in [-0.4, -0.2) is 23.7 Å². The molecule has 0 aliphatic heterocycles. The van der Waals surface area contributed by atoms with E-state index in [1.807, 2.05) is 19.9 Å². The van der Waals surface area contributed by atoms with Crippen LogP contribution in [0.2, 0.25) is 0 Å². The summed E-state index contributed by atoms with van der Waals surface area (Å²) in [7, 11) is 1.44. The molecule has 0 atom stereocenters. The Morgan fingerprint density at radius 1 is 1.14 bits per heavy atom. The number of pyridine rings is 1. The maximum Gasteiger partial charge on any atom is 0.247 e. The molecule has 0 spiro atoms. The fourth-order valence-electron chi connectivity index (χ4n) is 3.18. The number of nitrogens with zero attached hydrogens (tertiary/aromatic N) is 1. The number of carbonyl (C=O) groups is 2. The number of ketones is 2. The number of methoxy groups -OCH3 is 1. The van der Waals surface area contributed by atoms with Crippen molar-refractivity contribution in [2.45, 2.75) is 39.5 Å². The summed E-state index contributed by atoms with van der Waals surface area (Å²) in [6.45, 7) is 3.80. The highest BCUT2D eigenvalue weighted by Gasteiger charge is 2.36. The number of aryl methyl sites for hydroxylation is 2. The average Bonchev–Trinajstić information content (AvgIpc) is 2.48. The van der Waals surface area contributed by atoms with Gasteiger partial charge in [-0.3, -0.25) is 9.59 Å². The summed E-state index contributed by atoms with van der Waals surface area (Å²) < 4.78 is 5.22. The van der Waals surface area contributed by atoms with Crippen LogP contribution < -0.4 is 0 Å². The Balaban J connectivity index is 2.20. The number of hydrogen-bond donors (Lipinski definition) is 0. The normalized spacial score (nSPS) is 17.9. The van der Waals surface area contributed by atoms with Gasteiger partial charge in [0, 0.05) is 11.3 Å². The standard InChI is InChI=1S/C17H19NO3/c1-9(2)13-15(19)11-8-10-6-4-5-7-12(10)18-14(11)16(20)17(13)21-3/h8-9H,4-7H2,1-3H3. The van der Waals surface area contributed by atoms with E-state index in [1.165, 1.54) is 7.11 Å². The minimum absolute atomic E-state index is 0.0550. The van der Waals surface area contributed by atoms with E-state index < -0.39 is 0 Å². The van der Waals surface area contributed by atoms with E-state index in [2.05, 4.69) is 4.98 Å². The van der Waals surface area contributed by atoms with Crippen molar-refractivity contribution in [3.8, 4) is 0 Å². The first kappa shape index (κ1) is 14.0. The predicted molar refractivity (Wildman–Crippen MR) is 78.4 cm³/mol. The quantitative estimate of drug-likeness (QED) is 0.838. The molecule has 4 nitrogen and oxygen atoms in total. The van der Waals surface area contributed by atoms with Crippen LogP contribution in [0.5, 0.6) is 0 Å². The van der Waals surface area contributed by atoms with Gasteiger partial charge in [0.1, 0.15) is 5.69 Å². The molecule has 1 aromatic heterocycles. The van der Waals surface area contributed by atoms with E-state index in [0.717, 1.165) is 36.9 Å². The lowest BCUT2D eigenvalue weighted by molar-refractivity contribution is 0.0892. The molecule has 0 aromatic carbocycles. The van der Waals surface area contributed by atoms with Crippen molar-refractivity contribution in [2.24, 2.45) is 5.92 Å². The predicted octanol–water partition coefficient (Wildman–Crippen LogP) is 2.90. The third-order valence-corrected chi connectivity index (χ3v) is 4.24. The van der Waals surface area contributed by atoms with Crippen molar-refractivity contribution in [3.05, 3.63) is 39.9 Å². The lowest BCUT2D eigenvalue weighted by Crippen LogP contribution is -2.28. The zero-order chi connectivity index (χ0) is 15.1. The third-order valence-electron chi connectivity index (χ3n) is 4.24. The third kappa shape index (κ3) is 2.09. The Kier molecular flexibility index (Phi) is 3.40. The second kappa shape index (κ2) is 5.10. The molecular formula is C17H19NO3. The van der Waals surface area contributed by atoms with Gasteiger partial charge in [0.15, 0.2) is 11.5 Å². The van der Waals surface area contributed by atoms with Gasteiger partial charge in [-0.1, -0.05) is 13.8 Å². The van der Waals surface area contributed by atoms with Crippen molar-refractivity contribution in [2.75, 3.05) is 7.11 Å². The number of fused-ring (bicyclic) bond motifs is 2. The number of Topliss-reactive ketones (excluding diaryl/α,β-unsaturated/α-hetero) is 2. The molecular weight excluding hydrogens is 266 g/mol. The summed E-state index contributed by atoms with van der Waals surface area (Å²) in [5.41, 5.74) is 3.26. The van der Waals surface area contributed by atoms with E-state index in [1.54, 1.807) is 0 Å². The zero-order valence-corrected chi connectivity index (χ0v) is 12.7. The molecule has 0 N–H and O–H groups in total. The molecule has 1 heterocycles. The van der Waals surface area contributed by atoms with Gasteiger partial charge in [0.25, 0.3) is 0 Å². The summed E-state index contributed by atoms with van der Waals surface area (Å²) in [5, 5.41) is 0.